The molecule has 3 aromatic rings. The first-order valence-electron chi connectivity index (χ1n) is 18.4. The van der Waals surface area contributed by atoms with Crippen molar-refractivity contribution in [3.63, 3.8) is 0 Å². The summed E-state index contributed by atoms with van der Waals surface area (Å²) < 4.78 is 66.8. The predicted molar refractivity (Wildman–Crippen MR) is 215 cm³/mol. The molecule has 3 aromatic heterocycles. The first kappa shape index (κ1) is 43.9. The SMILES string of the molecule is CC(C)C(=O)Nc1nc2c(ncn2[C@@H]2O[C@H]3COP(=O)(S)O[C@H]4C[C@H](Oc5ccncn5)C[C@@H]4COP(=S)(OCCC#N)O[C@@H]2C3O[Si](C)(C)C(C)(C)C)c(=O)[nH]1. The fraction of sp³-hybridized carbons (Fsp3) is 0.667. The number of H-pyrrole nitrogens is 1. The minimum Gasteiger partial charge on any atom is -0.474 e. The van der Waals surface area contributed by atoms with Crippen molar-refractivity contribution in [2.45, 2.75) is 109 Å². The number of hydrogen-bond donors (Lipinski definition) is 3. The van der Waals surface area contributed by atoms with Crippen molar-refractivity contribution in [1.29, 1.82) is 5.26 Å². The van der Waals surface area contributed by atoms with Crippen molar-refractivity contribution < 1.29 is 45.9 Å². The Morgan fingerprint density at radius 3 is 2.67 bits per heavy atom. The Balaban J connectivity index is 1.42. The van der Waals surface area contributed by atoms with E-state index in [4.69, 9.17) is 48.3 Å². The molecule has 312 valence electrons. The molecule has 1 aliphatic carbocycles. The van der Waals surface area contributed by atoms with Gasteiger partial charge in [0, 0.05) is 30.5 Å². The zero-order valence-corrected chi connectivity index (χ0v) is 37.1. The molecule has 1 amide bonds. The third-order valence-electron chi connectivity index (χ3n) is 10.3. The Bertz CT molecular complexity index is 2120. The van der Waals surface area contributed by atoms with E-state index in [1.54, 1.807) is 26.1 Å². The highest BCUT2D eigenvalue weighted by Crippen LogP contribution is 2.60. The van der Waals surface area contributed by atoms with Crippen LogP contribution < -0.4 is 15.6 Å². The van der Waals surface area contributed by atoms with Gasteiger partial charge in [-0.25, -0.2) is 19.5 Å². The third kappa shape index (κ3) is 10.4. The summed E-state index contributed by atoms with van der Waals surface area (Å²) in [6, 6.07) is 3.68. The number of carbonyl (C=O) groups is 1. The Morgan fingerprint density at radius 2 is 1.98 bits per heavy atom. The van der Waals surface area contributed by atoms with E-state index in [-0.39, 0.29) is 54.3 Å². The number of aromatic nitrogens is 6. The highest BCUT2D eigenvalue weighted by molar-refractivity contribution is 8.44. The van der Waals surface area contributed by atoms with E-state index in [1.807, 2.05) is 13.1 Å². The van der Waals surface area contributed by atoms with Gasteiger partial charge in [-0.15, -0.1) is 0 Å². The summed E-state index contributed by atoms with van der Waals surface area (Å²) in [4.78, 5) is 45.3. The lowest BCUT2D eigenvalue weighted by atomic mass is 10.1. The molecule has 0 spiro atoms. The molecule has 6 rings (SSSR count). The molecule has 2 aliphatic heterocycles. The van der Waals surface area contributed by atoms with E-state index in [1.165, 1.54) is 17.2 Å². The van der Waals surface area contributed by atoms with Crippen LogP contribution in [0.25, 0.3) is 11.2 Å². The number of imidazole rings is 1. The molecule has 2 bridgehead atoms. The second-order valence-corrected chi connectivity index (χ2v) is 26.4. The van der Waals surface area contributed by atoms with Gasteiger partial charge in [0.05, 0.1) is 44.7 Å². The van der Waals surface area contributed by atoms with Gasteiger partial charge >= 0.3 is 13.5 Å². The third-order valence-corrected chi connectivity index (χ3v) is 18.7. The van der Waals surface area contributed by atoms with Crippen molar-refractivity contribution in [3.05, 3.63) is 35.3 Å². The molecule has 3 unspecified atom stereocenters. The van der Waals surface area contributed by atoms with Gasteiger partial charge < -0.3 is 22.9 Å². The normalized spacial score (nSPS) is 31.2. The van der Waals surface area contributed by atoms with Crippen LogP contribution in [0.15, 0.2) is 29.7 Å². The van der Waals surface area contributed by atoms with Crippen molar-refractivity contribution in [2.24, 2.45) is 11.8 Å². The van der Waals surface area contributed by atoms with E-state index in [2.05, 4.69) is 69.3 Å². The van der Waals surface area contributed by atoms with Crippen molar-refractivity contribution in [2.75, 3.05) is 25.1 Å². The standard InChI is InChI=1S/C33H48N8O11P2S2Si/c1-19(2)29(42)39-32-38-28-25(30(43)40-32)37-18-41(28)31-27-26(52-57(6,7)33(3,4)5)23(49-31)16-46-53(44,55)50-22-14-21(48-24-9-11-35-17-36-24)13-20(22)15-47-54(56,51-27)45-12-8-10-34/h9,11,17-23,26-27,31H,8,12-16H2,1-7H3,(H,44,55)(H2,38,39,40,42,43)/t20-,21-,22+,23+,26?,27-,31-,53?,54?/m1/s1. The highest BCUT2D eigenvalue weighted by atomic mass is 32.7. The van der Waals surface area contributed by atoms with Crippen LogP contribution >= 0.6 is 25.8 Å². The lowest BCUT2D eigenvalue weighted by Crippen LogP contribution is -2.50. The fourth-order valence-corrected chi connectivity index (χ4v) is 11.2. The number of nitrogens with zero attached hydrogens (tertiary/aromatic N) is 6. The van der Waals surface area contributed by atoms with Crippen LogP contribution in [0.4, 0.5) is 5.95 Å². The monoisotopic (exact) mass is 886 g/mol. The van der Waals surface area contributed by atoms with Crippen LogP contribution in [0.2, 0.25) is 18.1 Å². The predicted octanol–water partition coefficient (Wildman–Crippen LogP) is 5.66. The van der Waals surface area contributed by atoms with Crippen LogP contribution in [0.5, 0.6) is 5.88 Å². The summed E-state index contributed by atoms with van der Waals surface area (Å²) in [7, 11) is -2.67. The van der Waals surface area contributed by atoms with Gasteiger partial charge in [0.2, 0.25) is 17.7 Å². The molecule has 9 atom stereocenters. The van der Waals surface area contributed by atoms with Gasteiger partial charge in [0.1, 0.15) is 30.7 Å². The number of fused-ring (bicyclic) bond motifs is 4. The number of anilines is 1. The molecule has 19 nitrogen and oxygen atoms in total. The smallest absolute Gasteiger partial charge is 0.386 e. The second kappa shape index (κ2) is 17.5. The largest absolute Gasteiger partial charge is 0.474 e. The molecule has 24 heteroatoms. The number of amides is 1. The number of nitrogens with one attached hydrogen (secondary N) is 2. The summed E-state index contributed by atoms with van der Waals surface area (Å²) in [6.07, 6.45) is -0.411. The van der Waals surface area contributed by atoms with E-state index >= 15 is 0 Å². The van der Waals surface area contributed by atoms with Crippen molar-refractivity contribution >= 4 is 68.9 Å². The summed E-state index contributed by atoms with van der Waals surface area (Å²) in [5.74, 6) is -0.960. The zero-order chi connectivity index (χ0) is 41.3. The number of aromatic amines is 1. The van der Waals surface area contributed by atoms with Crippen LogP contribution in [-0.4, -0.2) is 94.1 Å². The lowest BCUT2D eigenvalue weighted by Gasteiger charge is -2.41. The number of hydrogen-bond acceptors (Lipinski definition) is 17. The van der Waals surface area contributed by atoms with E-state index in [9.17, 15) is 19.4 Å². The summed E-state index contributed by atoms with van der Waals surface area (Å²) in [5.41, 5.74) is -0.605. The Hall–Kier alpha value is -2.64. The molecule has 2 saturated heterocycles. The minimum absolute atomic E-state index is 0.00730. The van der Waals surface area contributed by atoms with Gasteiger partial charge in [0.25, 0.3) is 5.56 Å². The maximum atomic E-state index is 14.0. The summed E-state index contributed by atoms with van der Waals surface area (Å²) >= 11 is 10.5. The maximum absolute atomic E-state index is 14.0. The molecule has 5 heterocycles. The second-order valence-electron chi connectivity index (χ2n) is 15.8. The molecule has 0 radical (unpaired) electrons. The van der Waals surface area contributed by atoms with Gasteiger partial charge in [0.15, 0.2) is 25.7 Å². The molecule has 0 aromatic carbocycles. The molecule has 3 aliphatic rings. The summed E-state index contributed by atoms with van der Waals surface area (Å²) in [5, 5.41) is 11.7. The first-order valence-corrected chi connectivity index (χ1v) is 26.6. The quantitative estimate of drug-likeness (QED) is 0.0965. The average Bonchev–Trinajstić information content (AvgIpc) is 3.81. The van der Waals surface area contributed by atoms with E-state index in [0.29, 0.717) is 18.7 Å². The zero-order valence-electron chi connectivity index (χ0n) is 32.6. The highest BCUT2D eigenvalue weighted by Gasteiger charge is 2.55. The molecular weight excluding hydrogens is 839 g/mol. The van der Waals surface area contributed by atoms with Crippen molar-refractivity contribution in [3.8, 4) is 11.9 Å². The van der Waals surface area contributed by atoms with Crippen LogP contribution in [-0.2, 0) is 52.9 Å². The van der Waals surface area contributed by atoms with E-state index in [0.717, 1.165) is 0 Å². The molecular formula is C33H48N8O11P2S2Si. The molecule has 2 N–H and O–H groups in total. The van der Waals surface area contributed by atoms with Crippen LogP contribution in [0.3, 0.4) is 0 Å². The molecule has 3 fully saturated rings. The van der Waals surface area contributed by atoms with Crippen LogP contribution in [0.1, 0.15) is 60.1 Å². The number of rotatable bonds is 10. The summed E-state index contributed by atoms with van der Waals surface area (Å²) in [6.45, 7) is 5.29. The Kier molecular flexibility index (Phi) is 13.5. The van der Waals surface area contributed by atoms with Gasteiger partial charge in [-0.05, 0) is 36.4 Å². The molecule has 1 saturated carbocycles. The number of carbonyl (C=O) groups excluding carboxylic acids is 1. The first-order chi connectivity index (χ1) is 26.8. The molecule has 57 heavy (non-hydrogen) atoms. The number of ether oxygens (including phenoxy) is 2. The number of nitriles is 1. The lowest BCUT2D eigenvalue weighted by molar-refractivity contribution is -0.118. The van der Waals surface area contributed by atoms with Gasteiger partial charge in [-0.1, -0.05) is 46.9 Å². The van der Waals surface area contributed by atoms with E-state index < -0.39 is 76.0 Å². The van der Waals surface area contributed by atoms with Gasteiger partial charge in [-0.3, -0.25) is 38.0 Å². The van der Waals surface area contributed by atoms with Crippen LogP contribution in [0, 0.1) is 23.2 Å². The minimum atomic E-state index is -4.09. The maximum Gasteiger partial charge on any atom is 0.386 e. The Morgan fingerprint density at radius 1 is 1.21 bits per heavy atom. The van der Waals surface area contributed by atoms with Crippen molar-refractivity contribution in [1.82, 2.24) is 29.5 Å². The fourth-order valence-electron chi connectivity index (χ4n) is 6.23. The average molecular weight is 887 g/mol. The van der Waals surface area contributed by atoms with Gasteiger partial charge in [-0.2, -0.15) is 10.2 Å². The Labute approximate surface area is 341 Å². The topological polar surface area (TPSA) is 233 Å². The number of thiol groups is 1.